The first kappa shape index (κ1) is 17.4. The highest BCUT2D eigenvalue weighted by Gasteiger charge is 2.30. The van der Waals surface area contributed by atoms with E-state index in [2.05, 4.69) is 28.5 Å². The molecule has 1 aromatic carbocycles. The van der Waals surface area contributed by atoms with E-state index >= 15 is 0 Å². The summed E-state index contributed by atoms with van der Waals surface area (Å²) in [5.41, 5.74) is 2.19. The van der Waals surface area contributed by atoms with E-state index in [4.69, 9.17) is 4.98 Å². The van der Waals surface area contributed by atoms with Gasteiger partial charge in [-0.3, -0.25) is 4.90 Å². The average molecular weight is 350 g/mol. The Kier molecular flexibility index (Phi) is 5.25. The molecule has 1 saturated heterocycles. The first-order valence-electron chi connectivity index (χ1n) is 8.95. The van der Waals surface area contributed by atoms with Gasteiger partial charge in [0.05, 0.1) is 22.8 Å². The average Bonchev–Trinajstić information content (AvgIpc) is 3.16. The van der Waals surface area contributed by atoms with Gasteiger partial charge in [-0.25, -0.2) is 13.4 Å². The van der Waals surface area contributed by atoms with Crippen molar-refractivity contribution in [3.05, 3.63) is 30.1 Å². The van der Waals surface area contributed by atoms with E-state index in [1.54, 1.807) is 0 Å². The molecule has 5 nitrogen and oxygen atoms in total. The first-order chi connectivity index (χ1) is 11.6. The van der Waals surface area contributed by atoms with Gasteiger partial charge in [0.2, 0.25) is 0 Å². The van der Waals surface area contributed by atoms with Gasteiger partial charge in [-0.1, -0.05) is 19.1 Å². The van der Waals surface area contributed by atoms with Crippen LogP contribution in [0.3, 0.4) is 0 Å². The van der Waals surface area contributed by atoms with Crippen LogP contribution < -0.4 is 0 Å². The van der Waals surface area contributed by atoms with Crippen LogP contribution in [-0.4, -0.2) is 47.5 Å². The molecule has 1 aliphatic heterocycles. The van der Waals surface area contributed by atoms with Gasteiger partial charge >= 0.3 is 0 Å². The van der Waals surface area contributed by atoms with Gasteiger partial charge in [-0.15, -0.1) is 0 Å². The van der Waals surface area contributed by atoms with Crippen molar-refractivity contribution in [2.45, 2.75) is 45.7 Å². The highest BCUT2D eigenvalue weighted by Crippen LogP contribution is 2.33. The number of nitrogens with zero attached hydrogens (tertiary/aromatic N) is 3. The zero-order valence-electron chi connectivity index (χ0n) is 14.6. The van der Waals surface area contributed by atoms with Gasteiger partial charge < -0.3 is 4.57 Å². The Bertz CT molecular complexity index is 798. The number of imidazole rings is 1. The molecule has 2 aromatic rings. The fraction of sp³-hybridized carbons (Fsp3) is 0.611. The minimum atomic E-state index is -2.93. The van der Waals surface area contributed by atoms with E-state index in [-0.39, 0.29) is 11.8 Å². The molecule has 1 aliphatic rings. The summed E-state index contributed by atoms with van der Waals surface area (Å²) in [6.45, 7) is 6.51. The van der Waals surface area contributed by atoms with Crippen LogP contribution in [0.25, 0.3) is 11.0 Å². The van der Waals surface area contributed by atoms with Gasteiger partial charge in [0, 0.05) is 18.8 Å². The number of fused-ring (bicyclic) bond motifs is 1. The normalized spacial score (nSPS) is 19.3. The summed E-state index contributed by atoms with van der Waals surface area (Å²) in [5, 5.41) is 0. The third-order valence-electron chi connectivity index (χ3n) is 4.87. The zero-order chi connectivity index (χ0) is 17.2. The Balaban J connectivity index is 1.83. The van der Waals surface area contributed by atoms with E-state index < -0.39 is 9.84 Å². The maximum atomic E-state index is 12.0. The molecule has 24 heavy (non-hydrogen) atoms. The summed E-state index contributed by atoms with van der Waals surface area (Å²) in [7, 11) is -2.93. The third-order valence-corrected chi connectivity index (χ3v) is 6.70. The van der Waals surface area contributed by atoms with Crippen molar-refractivity contribution in [1.29, 1.82) is 0 Å². The van der Waals surface area contributed by atoms with Crippen LogP contribution in [-0.2, 0) is 16.4 Å². The summed E-state index contributed by atoms with van der Waals surface area (Å²) in [6.07, 6.45) is 2.85. The predicted octanol–water partition coefficient (Wildman–Crippen LogP) is 3.02. The number of benzene rings is 1. The quantitative estimate of drug-likeness (QED) is 0.771. The van der Waals surface area contributed by atoms with Crippen molar-refractivity contribution in [3.63, 3.8) is 0 Å². The van der Waals surface area contributed by atoms with Crippen molar-refractivity contribution in [2.75, 3.05) is 24.6 Å². The molecule has 0 bridgehead atoms. The number of aromatic nitrogens is 2. The van der Waals surface area contributed by atoms with Crippen LogP contribution in [0.2, 0.25) is 0 Å². The number of para-hydroxylation sites is 2. The van der Waals surface area contributed by atoms with Crippen molar-refractivity contribution in [1.82, 2.24) is 14.5 Å². The Labute approximate surface area is 144 Å². The molecule has 132 valence electrons. The highest BCUT2D eigenvalue weighted by molar-refractivity contribution is 7.91. The Morgan fingerprint density at radius 2 is 2.00 bits per heavy atom. The topological polar surface area (TPSA) is 55.2 Å². The number of aryl methyl sites for hydroxylation is 1. The molecule has 0 aliphatic carbocycles. The summed E-state index contributed by atoms with van der Waals surface area (Å²) in [4.78, 5) is 7.17. The lowest BCUT2D eigenvalue weighted by molar-refractivity contribution is 0.258. The van der Waals surface area contributed by atoms with Gasteiger partial charge in [0.25, 0.3) is 0 Å². The standard InChI is InChI=1S/C18H27N3O2S/c1-3-13-24(22,23)14-12-20-11-7-10-17(20)18-19-15-8-5-6-9-16(15)21(18)4-2/h5-6,8-9,17H,3-4,7,10-14H2,1-2H3/t17-/m0/s1. The fourth-order valence-electron chi connectivity index (χ4n) is 3.74. The van der Waals surface area contributed by atoms with Crippen molar-refractivity contribution in [3.8, 4) is 0 Å². The summed E-state index contributed by atoms with van der Waals surface area (Å²) in [6, 6.07) is 8.46. The molecule has 0 saturated carbocycles. The van der Waals surface area contributed by atoms with E-state index in [1.165, 1.54) is 5.52 Å². The van der Waals surface area contributed by atoms with Gasteiger partial charge in [-0.2, -0.15) is 0 Å². The number of sulfone groups is 1. The molecule has 3 rings (SSSR count). The minimum Gasteiger partial charge on any atom is -0.327 e. The molecule has 0 radical (unpaired) electrons. The van der Waals surface area contributed by atoms with E-state index in [0.29, 0.717) is 18.7 Å². The van der Waals surface area contributed by atoms with E-state index in [9.17, 15) is 8.42 Å². The minimum absolute atomic E-state index is 0.231. The van der Waals surface area contributed by atoms with Gasteiger partial charge in [0.15, 0.2) is 9.84 Å². The lowest BCUT2D eigenvalue weighted by Gasteiger charge is -2.24. The number of hydrogen-bond donors (Lipinski definition) is 0. The molecule has 0 amide bonds. The maximum Gasteiger partial charge on any atom is 0.151 e. The smallest absolute Gasteiger partial charge is 0.151 e. The van der Waals surface area contributed by atoms with Crippen LogP contribution in [0.5, 0.6) is 0 Å². The SMILES string of the molecule is CCCS(=O)(=O)CCN1CCC[C@H]1c1nc2ccccc2n1CC. The molecule has 1 fully saturated rings. The highest BCUT2D eigenvalue weighted by atomic mass is 32.2. The maximum absolute atomic E-state index is 12.0. The van der Waals surface area contributed by atoms with Crippen molar-refractivity contribution in [2.24, 2.45) is 0 Å². The second-order valence-electron chi connectivity index (χ2n) is 6.55. The van der Waals surface area contributed by atoms with Crippen LogP contribution in [0.4, 0.5) is 0 Å². The van der Waals surface area contributed by atoms with E-state index in [1.807, 2.05) is 19.1 Å². The fourth-order valence-corrected chi connectivity index (χ4v) is 5.08. The zero-order valence-corrected chi connectivity index (χ0v) is 15.4. The lowest BCUT2D eigenvalue weighted by Crippen LogP contribution is -2.31. The van der Waals surface area contributed by atoms with Gasteiger partial charge in [0.1, 0.15) is 5.82 Å². The molecule has 0 N–H and O–H groups in total. The van der Waals surface area contributed by atoms with E-state index in [0.717, 1.165) is 37.3 Å². The number of rotatable bonds is 7. The van der Waals surface area contributed by atoms with Crippen LogP contribution in [0, 0.1) is 0 Å². The molecular weight excluding hydrogens is 322 g/mol. The number of hydrogen-bond acceptors (Lipinski definition) is 4. The van der Waals surface area contributed by atoms with Crippen molar-refractivity contribution >= 4 is 20.9 Å². The largest absolute Gasteiger partial charge is 0.327 e. The molecule has 6 heteroatoms. The molecule has 0 unspecified atom stereocenters. The van der Waals surface area contributed by atoms with Crippen LogP contribution in [0.15, 0.2) is 24.3 Å². The predicted molar refractivity (Wildman–Crippen MR) is 97.9 cm³/mol. The second-order valence-corrected chi connectivity index (χ2v) is 8.85. The molecule has 0 spiro atoms. The number of likely N-dealkylation sites (tertiary alicyclic amines) is 1. The summed E-state index contributed by atoms with van der Waals surface area (Å²) < 4.78 is 26.4. The van der Waals surface area contributed by atoms with Crippen LogP contribution in [0.1, 0.15) is 45.0 Å². The van der Waals surface area contributed by atoms with Crippen LogP contribution >= 0.6 is 0 Å². The lowest BCUT2D eigenvalue weighted by atomic mass is 10.2. The monoisotopic (exact) mass is 349 g/mol. The summed E-state index contributed by atoms with van der Waals surface area (Å²) in [5.74, 6) is 1.63. The van der Waals surface area contributed by atoms with Gasteiger partial charge in [-0.05, 0) is 44.9 Å². The molecular formula is C18H27N3O2S. The molecule has 2 heterocycles. The second kappa shape index (κ2) is 7.23. The Morgan fingerprint density at radius 3 is 2.75 bits per heavy atom. The van der Waals surface area contributed by atoms with Crippen molar-refractivity contribution < 1.29 is 8.42 Å². The Morgan fingerprint density at radius 1 is 1.21 bits per heavy atom. The molecule has 1 atom stereocenters. The third kappa shape index (κ3) is 3.49. The Hall–Kier alpha value is -1.40. The molecule has 1 aromatic heterocycles. The first-order valence-corrected chi connectivity index (χ1v) is 10.8. The summed E-state index contributed by atoms with van der Waals surface area (Å²) >= 11 is 0.